The number of fused-ring (bicyclic) bond motifs is 1. The van der Waals surface area contributed by atoms with Crippen molar-refractivity contribution >= 4 is 35.1 Å². The number of nitrogens with zero attached hydrogens (tertiary/aromatic N) is 3. The number of nitro groups is 1. The van der Waals surface area contributed by atoms with E-state index in [-0.39, 0.29) is 17.9 Å². The number of carbonyl (C=O) groups excluding carboxylic acids is 1. The van der Waals surface area contributed by atoms with Crippen LogP contribution in [0.5, 0.6) is 0 Å². The highest BCUT2D eigenvalue weighted by Gasteiger charge is 2.30. The molecule has 1 aliphatic rings. The Bertz CT molecular complexity index is 1480. The molecule has 1 aliphatic heterocycles. The van der Waals surface area contributed by atoms with Gasteiger partial charge in [-0.1, -0.05) is 53.8 Å². The van der Waals surface area contributed by atoms with Crippen LogP contribution in [0.1, 0.15) is 31.0 Å². The third-order valence-corrected chi connectivity index (χ3v) is 6.21. The summed E-state index contributed by atoms with van der Waals surface area (Å²) in [5.41, 5.74) is 2.04. The summed E-state index contributed by atoms with van der Waals surface area (Å²) in [6, 6.07) is 14.8. The zero-order valence-corrected chi connectivity index (χ0v) is 19.3. The van der Waals surface area contributed by atoms with Crippen LogP contribution in [0.15, 0.2) is 81.7 Å². The average molecular weight is 476 g/mol. The lowest BCUT2D eigenvalue weighted by Gasteiger charge is -2.21. The first-order chi connectivity index (χ1) is 16.4. The van der Waals surface area contributed by atoms with Crippen LogP contribution >= 0.6 is 11.3 Å². The third-order valence-electron chi connectivity index (χ3n) is 5.23. The molecule has 0 radical (unpaired) electrons. The number of thiazole rings is 1. The second-order valence-corrected chi connectivity index (χ2v) is 8.47. The normalized spacial score (nSPS) is 15.8. The molecule has 1 atom stereocenters. The van der Waals surface area contributed by atoms with E-state index < -0.39 is 16.9 Å². The number of nitro benzene ring substituents is 1. The van der Waals surface area contributed by atoms with Gasteiger partial charge in [-0.05, 0) is 43.2 Å². The molecule has 0 spiro atoms. The lowest BCUT2D eigenvalue weighted by Crippen LogP contribution is -2.38. The van der Waals surface area contributed by atoms with Gasteiger partial charge in [-0.15, -0.1) is 0 Å². The Labute approximate surface area is 198 Å². The number of hydrogen-bond acceptors (Lipinski definition) is 7. The van der Waals surface area contributed by atoms with Crippen molar-refractivity contribution in [3.8, 4) is 0 Å². The maximum atomic E-state index is 13.4. The Morgan fingerprint density at radius 3 is 2.53 bits per heavy atom. The Morgan fingerprint density at radius 2 is 1.88 bits per heavy atom. The molecule has 34 heavy (non-hydrogen) atoms. The zero-order chi connectivity index (χ0) is 24.2. The molecule has 0 saturated carbocycles. The number of carbonyl (C=O) groups is 1. The van der Waals surface area contributed by atoms with Gasteiger partial charge in [0.2, 0.25) is 0 Å². The van der Waals surface area contributed by atoms with Gasteiger partial charge < -0.3 is 4.74 Å². The van der Waals surface area contributed by atoms with Gasteiger partial charge in [0, 0.05) is 12.1 Å². The Balaban J connectivity index is 1.84. The third kappa shape index (κ3) is 4.65. The SMILES string of the molecule is CCOC(=O)C1=C(C)N=c2sc(=Cc3ccc([N+](=O)[O-])cc3)c(=O)n2[C@H]1/C=C\c1ccccc1. The molecule has 8 nitrogen and oxygen atoms in total. The summed E-state index contributed by atoms with van der Waals surface area (Å²) in [6.45, 7) is 3.65. The van der Waals surface area contributed by atoms with Crippen LogP contribution in [0.25, 0.3) is 12.2 Å². The molecule has 0 amide bonds. The summed E-state index contributed by atoms with van der Waals surface area (Å²) in [5, 5.41) is 10.9. The van der Waals surface area contributed by atoms with Gasteiger partial charge in [-0.3, -0.25) is 19.5 Å². The van der Waals surface area contributed by atoms with Crippen LogP contribution < -0.4 is 14.9 Å². The van der Waals surface area contributed by atoms with Crippen molar-refractivity contribution in [2.45, 2.75) is 19.9 Å². The second-order valence-electron chi connectivity index (χ2n) is 7.46. The predicted octanol–water partition coefficient (Wildman–Crippen LogP) is 3.37. The van der Waals surface area contributed by atoms with Crippen molar-refractivity contribution in [2.75, 3.05) is 6.61 Å². The van der Waals surface area contributed by atoms with E-state index in [1.807, 2.05) is 36.4 Å². The van der Waals surface area contributed by atoms with Crippen LogP contribution in [0.3, 0.4) is 0 Å². The average Bonchev–Trinajstić information content (AvgIpc) is 3.12. The molecular weight excluding hydrogens is 454 g/mol. The van der Waals surface area contributed by atoms with Gasteiger partial charge in [0.15, 0.2) is 4.80 Å². The fourth-order valence-corrected chi connectivity index (χ4v) is 4.68. The summed E-state index contributed by atoms with van der Waals surface area (Å²) in [7, 11) is 0. The van der Waals surface area contributed by atoms with Crippen molar-refractivity contribution in [3.63, 3.8) is 0 Å². The standard InChI is InChI=1S/C25H21N3O5S/c1-3-33-24(30)22-16(2)26-25-27(20(22)14-11-17-7-5-4-6-8-17)23(29)21(34-25)15-18-9-12-19(13-10-18)28(31)32/h4-15,20H,3H2,1-2H3/b14-11-,21-15?/t20-/m0/s1. The van der Waals surface area contributed by atoms with Crippen molar-refractivity contribution in [1.29, 1.82) is 0 Å². The van der Waals surface area contributed by atoms with E-state index >= 15 is 0 Å². The number of ether oxygens (including phenoxy) is 1. The summed E-state index contributed by atoms with van der Waals surface area (Å²) in [5.74, 6) is -0.517. The van der Waals surface area contributed by atoms with Gasteiger partial charge in [0.05, 0.1) is 33.4 Å². The highest BCUT2D eigenvalue weighted by Crippen LogP contribution is 2.26. The molecule has 0 fully saturated rings. The van der Waals surface area contributed by atoms with Crippen LogP contribution in [0.4, 0.5) is 5.69 Å². The van der Waals surface area contributed by atoms with Crippen LogP contribution in [0, 0.1) is 10.1 Å². The molecule has 0 bridgehead atoms. The fraction of sp³-hybridized carbons (Fsp3) is 0.160. The summed E-state index contributed by atoms with van der Waals surface area (Å²) in [6.07, 6.45) is 5.32. The van der Waals surface area contributed by atoms with Crippen molar-refractivity contribution in [3.05, 3.63) is 113 Å². The van der Waals surface area contributed by atoms with Crippen molar-refractivity contribution < 1.29 is 14.5 Å². The number of allylic oxidation sites excluding steroid dienone is 2. The second kappa shape index (κ2) is 9.80. The van der Waals surface area contributed by atoms with E-state index in [1.165, 1.54) is 28.0 Å². The maximum Gasteiger partial charge on any atom is 0.338 e. The van der Waals surface area contributed by atoms with E-state index in [4.69, 9.17) is 4.74 Å². The lowest BCUT2D eigenvalue weighted by molar-refractivity contribution is -0.384. The minimum absolute atomic E-state index is 0.0284. The van der Waals surface area contributed by atoms with Crippen LogP contribution in [-0.4, -0.2) is 22.1 Å². The Kier molecular flexibility index (Phi) is 6.65. The van der Waals surface area contributed by atoms with Gasteiger partial charge >= 0.3 is 5.97 Å². The van der Waals surface area contributed by atoms with Gasteiger partial charge in [0.1, 0.15) is 0 Å². The van der Waals surface area contributed by atoms with E-state index in [0.29, 0.717) is 26.2 Å². The molecule has 0 unspecified atom stereocenters. The smallest absolute Gasteiger partial charge is 0.338 e. The van der Waals surface area contributed by atoms with E-state index in [0.717, 1.165) is 5.56 Å². The molecule has 3 aromatic rings. The maximum absolute atomic E-state index is 13.4. The summed E-state index contributed by atoms with van der Waals surface area (Å²) in [4.78, 5) is 41.6. The molecule has 172 valence electrons. The Morgan fingerprint density at radius 1 is 1.18 bits per heavy atom. The largest absolute Gasteiger partial charge is 0.463 e. The topological polar surface area (TPSA) is 104 Å². The molecule has 2 aromatic carbocycles. The van der Waals surface area contributed by atoms with E-state index in [2.05, 4.69) is 4.99 Å². The molecule has 9 heteroatoms. The minimum Gasteiger partial charge on any atom is -0.463 e. The highest BCUT2D eigenvalue weighted by atomic mass is 32.1. The summed E-state index contributed by atoms with van der Waals surface area (Å²) >= 11 is 1.20. The van der Waals surface area contributed by atoms with Crippen molar-refractivity contribution in [1.82, 2.24) is 4.57 Å². The number of aromatic nitrogens is 1. The first-order valence-corrected chi connectivity index (χ1v) is 11.4. The van der Waals surface area contributed by atoms with Gasteiger partial charge in [-0.25, -0.2) is 9.79 Å². The number of non-ortho nitro benzene ring substituents is 1. The molecule has 0 aliphatic carbocycles. The quantitative estimate of drug-likeness (QED) is 0.309. The monoisotopic (exact) mass is 475 g/mol. The van der Waals surface area contributed by atoms with Crippen molar-refractivity contribution in [2.24, 2.45) is 4.99 Å². The molecule has 0 N–H and O–H groups in total. The van der Waals surface area contributed by atoms with Gasteiger partial charge in [0.25, 0.3) is 11.2 Å². The molecular formula is C25H21N3O5S. The molecule has 1 aromatic heterocycles. The first-order valence-electron chi connectivity index (χ1n) is 10.6. The minimum atomic E-state index is -0.686. The van der Waals surface area contributed by atoms with Gasteiger partial charge in [-0.2, -0.15) is 0 Å². The number of esters is 1. The Hall–Kier alpha value is -4.11. The molecule has 4 rings (SSSR count). The molecule has 2 heterocycles. The first kappa shape index (κ1) is 23.1. The molecule has 0 saturated heterocycles. The lowest BCUT2D eigenvalue weighted by atomic mass is 10.0. The number of rotatable bonds is 6. The summed E-state index contributed by atoms with van der Waals surface area (Å²) < 4.78 is 7.15. The highest BCUT2D eigenvalue weighted by molar-refractivity contribution is 7.07. The zero-order valence-electron chi connectivity index (χ0n) is 18.5. The van der Waals surface area contributed by atoms with E-state index in [9.17, 15) is 19.7 Å². The van der Waals surface area contributed by atoms with Crippen LogP contribution in [0.2, 0.25) is 0 Å². The van der Waals surface area contributed by atoms with E-state index in [1.54, 1.807) is 38.1 Å². The predicted molar refractivity (Wildman–Crippen MR) is 130 cm³/mol. The number of hydrogen-bond donors (Lipinski definition) is 0. The number of benzene rings is 2. The van der Waals surface area contributed by atoms with Crippen LogP contribution in [-0.2, 0) is 9.53 Å². The fourth-order valence-electron chi connectivity index (χ4n) is 3.63.